The maximum Gasteiger partial charge on any atom is 0.274 e. The molecule has 1 amide bonds. The van der Waals surface area contributed by atoms with E-state index in [1.165, 1.54) is 43.8 Å². The van der Waals surface area contributed by atoms with Gasteiger partial charge in [-0.2, -0.15) is 0 Å². The fourth-order valence-electron chi connectivity index (χ4n) is 3.16. The molecule has 1 aromatic carbocycles. The van der Waals surface area contributed by atoms with Crippen molar-refractivity contribution in [2.24, 2.45) is 5.14 Å². The molecule has 0 unspecified atom stereocenters. The van der Waals surface area contributed by atoms with Crippen LogP contribution in [0.1, 0.15) is 48.2 Å². The maximum absolute atomic E-state index is 12.5. The number of rotatable bonds is 5. The van der Waals surface area contributed by atoms with Crippen LogP contribution in [0.25, 0.3) is 0 Å². The molecule has 3 rings (SSSR count). The number of benzene rings is 1. The van der Waals surface area contributed by atoms with Crippen molar-refractivity contribution >= 4 is 27.4 Å². The third-order valence-corrected chi connectivity index (χ3v) is 5.54. The predicted molar refractivity (Wildman–Crippen MR) is 103 cm³/mol. The largest absolute Gasteiger partial charge is 0.367 e. The molecule has 2 aromatic rings. The van der Waals surface area contributed by atoms with Crippen molar-refractivity contribution in [3.8, 4) is 0 Å². The number of carbonyl (C=O) groups is 1. The fourth-order valence-corrected chi connectivity index (χ4v) is 3.75. The Morgan fingerprint density at radius 1 is 1.15 bits per heavy atom. The molecule has 1 aromatic heterocycles. The van der Waals surface area contributed by atoms with Crippen LogP contribution in [0.15, 0.2) is 35.5 Å². The van der Waals surface area contributed by atoms with Crippen LogP contribution in [-0.2, 0) is 10.0 Å². The topological polar surface area (TPSA) is 127 Å². The van der Waals surface area contributed by atoms with Gasteiger partial charge < -0.3 is 10.6 Å². The summed E-state index contributed by atoms with van der Waals surface area (Å²) in [5.74, 6) is 0.235. The van der Waals surface area contributed by atoms with Gasteiger partial charge in [-0.05, 0) is 43.5 Å². The average molecular weight is 389 g/mol. The number of hydrogen-bond donors (Lipinski definition) is 3. The van der Waals surface area contributed by atoms with Gasteiger partial charge in [0.15, 0.2) is 0 Å². The molecular formula is C18H23N5O3S. The summed E-state index contributed by atoms with van der Waals surface area (Å²) in [7, 11) is -3.78. The number of hydrogen-bond acceptors (Lipinski definition) is 6. The molecule has 27 heavy (non-hydrogen) atoms. The fraction of sp³-hybridized carbons (Fsp3) is 0.389. The lowest BCUT2D eigenvalue weighted by Crippen LogP contribution is -2.23. The lowest BCUT2D eigenvalue weighted by molar-refractivity contribution is 0.102. The summed E-state index contributed by atoms with van der Waals surface area (Å²) in [5, 5.41) is 11.2. The van der Waals surface area contributed by atoms with Crippen LogP contribution >= 0.6 is 0 Å². The van der Waals surface area contributed by atoms with Gasteiger partial charge in [0.1, 0.15) is 17.8 Å². The average Bonchev–Trinajstić information content (AvgIpc) is 2.63. The van der Waals surface area contributed by atoms with E-state index in [1.54, 1.807) is 13.0 Å². The number of nitrogens with zero attached hydrogens (tertiary/aromatic N) is 2. The van der Waals surface area contributed by atoms with E-state index < -0.39 is 15.9 Å². The number of nitrogens with one attached hydrogen (secondary N) is 2. The Balaban J connectivity index is 1.72. The molecule has 4 N–H and O–H groups in total. The van der Waals surface area contributed by atoms with E-state index in [0.717, 1.165) is 12.8 Å². The van der Waals surface area contributed by atoms with E-state index in [-0.39, 0.29) is 10.6 Å². The van der Waals surface area contributed by atoms with Gasteiger partial charge >= 0.3 is 0 Å². The first kappa shape index (κ1) is 19.2. The Kier molecular flexibility index (Phi) is 5.71. The normalized spacial score (nSPS) is 15.3. The first-order valence-corrected chi connectivity index (χ1v) is 10.4. The number of anilines is 2. The molecule has 1 fully saturated rings. The molecule has 0 radical (unpaired) electrons. The van der Waals surface area contributed by atoms with Gasteiger partial charge in [-0.25, -0.2) is 23.5 Å². The molecule has 0 saturated heterocycles. The molecule has 1 aliphatic carbocycles. The van der Waals surface area contributed by atoms with E-state index in [0.29, 0.717) is 23.1 Å². The zero-order chi connectivity index (χ0) is 19.4. The molecule has 1 heterocycles. The maximum atomic E-state index is 12.5. The zero-order valence-corrected chi connectivity index (χ0v) is 15.9. The quantitative estimate of drug-likeness (QED) is 0.721. The number of primary sulfonamides is 1. The van der Waals surface area contributed by atoms with Gasteiger partial charge in [0.25, 0.3) is 5.91 Å². The Labute approximate surface area is 158 Å². The molecular weight excluding hydrogens is 366 g/mol. The van der Waals surface area contributed by atoms with E-state index in [1.807, 2.05) is 0 Å². The van der Waals surface area contributed by atoms with Gasteiger partial charge in [-0.1, -0.05) is 19.3 Å². The summed E-state index contributed by atoms with van der Waals surface area (Å²) in [5.41, 5.74) is 1.32. The van der Waals surface area contributed by atoms with E-state index in [4.69, 9.17) is 5.14 Å². The summed E-state index contributed by atoms with van der Waals surface area (Å²) in [6.45, 7) is 1.69. The highest BCUT2D eigenvalue weighted by molar-refractivity contribution is 7.89. The second kappa shape index (κ2) is 8.01. The summed E-state index contributed by atoms with van der Waals surface area (Å²) >= 11 is 0. The Morgan fingerprint density at radius 3 is 2.56 bits per heavy atom. The molecule has 0 aliphatic heterocycles. The molecule has 1 saturated carbocycles. The van der Waals surface area contributed by atoms with Gasteiger partial charge in [0.2, 0.25) is 10.0 Å². The number of nitrogens with two attached hydrogens (primary N) is 1. The number of sulfonamides is 1. The highest BCUT2D eigenvalue weighted by Crippen LogP contribution is 2.22. The van der Waals surface area contributed by atoms with Crippen molar-refractivity contribution in [2.75, 3.05) is 10.6 Å². The number of aryl methyl sites for hydroxylation is 1. The highest BCUT2D eigenvalue weighted by atomic mass is 32.2. The van der Waals surface area contributed by atoms with Crippen LogP contribution in [0.3, 0.4) is 0 Å². The monoisotopic (exact) mass is 389 g/mol. The first-order valence-electron chi connectivity index (χ1n) is 8.86. The van der Waals surface area contributed by atoms with E-state index >= 15 is 0 Å². The summed E-state index contributed by atoms with van der Waals surface area (Å²) in [6.07, 6.45) is 7.21. The van der Waals surface area contributed by atoms with Crippen LogP contribution < -0.4 is 15.8 Å². The molecule has 0 atom stereocenters. The van der Waals surface area contributed by atoms with Crippen molar-refractivity contribution in [1.29, 1.82) is 0 Å². The van der Waals surface area contributed by atoms with Crippen LogP contribution in [0.2, 0.25) is 0 Å². The van der Waals surface area contributed by atoms with Crippen molar-refractivity contribution in [1.82, 2.24) is 9.97 Å². The number of carbonyl (C=O) groups excluding carboxylic acids is 1. The molecule has 0 spiro atoms. The minimum absolute atomic E-state index is 0.000923. The second-order valence-corrected chi connectivity index (χ2v) is 8.31. The van der Waals surface area contributed by atoms with Gasteiger partial charge in [0, 0.05) is 17.8 Å². The molecule has 0 bridgehead atoms. The molecule has 8 nitrogen and oxygen atoms in total. The first-order chi connectivity index (χ1) is 12.8. The van der Waals surface area contributed by atoms with Crippen LogP contribution in [0.4, 0.5) is 11.5 Å². The summed E-state index contributed by atoms with van der Waals surface area (Å²) < 4.78 is 22.8. The minimum Gasteiger partial charge on any atom is -0.367 e. The van der Waals surface area contributed by atoms with E-state index in [9.17, 15) is 13.2 Å². The van der Waals surface area contributed by atoms with Crippen molar-refractivity contribution in [3.63, 3.8) is 0 Å². The van der Waals surface area contributed by atoms with Crippen LogP contribution in [0.5, 0.6) is 0 Å². The van der Waals surface area contributed by atoms with Gasteiger partial charge in [-0.15, -0.1) is 0 Å². The summed E-state index contributed by atoms with van der Waals surface area (Å²) in [4.78, 5) is 20.8. The number of amides is 1. The third kappa shape index (κ3) is 5.01. The summed E-state index contributed by atoms with van der Waals surface area (Å²) in [6, 6.07) is 6.28. The van der Waals surface area contributed by atoms with Gasteiger partial charge in [0.05, 0.1) is 4.90 Å². The van der Waals surface area contributed by atoms with Crippen LogP contribution in [-0.4, -0.2) is 30.3 Å². The lowest BCUT2D eigenvalue weighted by atomic mass is 9.95. The number of aromatic nitrogens is 2. The van der Waals surface area contributed by atoms with Crippen LogP contribution in [0, 0.1) is 6.92 Å². The van der Waals surface area contributed by atoms with E-state index in [2.05, 4.69) is 20.6 Å². The Bertz CT molecular complexity index is 940. The molecule has 1 aliphatic rings. The van der Waals surface area contributed by atoms with Crippen molar-refractivity contribution in [3.05, 3.63) is 41.9 Å². The molecule has 9 heteroatoms. The highest BCUT2D eigenvalue weighted by Gasteiger charge is 2.16. The SMILES string of the molecule is Cc1cc(S(N)(=O)=O)ccc1NC(=O)c1cc(NC2CCCCC2)ncn1. The minimum atomic E-state index is -3.78. The molecule has 144 valence electrons. The van der Waals surface area contributed by atoms with Crippen molar-refractivity contribution in [2.45, 2.75) is 50.0 Å². The second-order valence-electron chi connectivity index (χ2n) is 6.74. The third-order valence-electron chi connectivity index (χ3n) is 4.63. The zero-order valence-electron chi connectivity index (χ0n) is 15.1. The smallest absolute Gasteiger partial charge is 0.274 e. The lowest BCUT2D eigenvalue weighted by Gasteiger charge is -2.23. The Morgan fingerprint density at radius 2 is 1.89 bits per heavy atom. The standard InChI is InChI=1S/C18H23N5O3S/c1-12-9-14(27(19,25)26)7-8-15(12)23-18(24)16-10-17(21-11-20-16)22-13-5-3-2-4-6-13/h7-11,13H,2-6H2,1H3,(H,23,24)(H2,19,25,26)(H,20,21,22). The Hall–Kier alpha value is -2.52. The van der Waals surface area contributed by atoms with Crippen molar-refractivity contribution < 1.29 is 13.2 Å². The van der Waals surface area contributed by atoms with Gasteiger partial charge in [-0.3, -0.25) is 4.79 Å². The predicted octanol–water partition coefficient (Wildman–Crippen LogP) is 2.43.